The highest BCUT2D eigenvalue weighted by molar-refractivity contribution is 5.36. The lowest BCUT2D eigenvalue weighted by Crippen LogP contribution is -2.33. The molecule has 0 heterocycles. The van der Waals surface area contributed by atoms with Crippen LogP contribution in [0.3, 0.4) is 0 Å². The Morgan fingerprint density at radius 1 is 1.32 bits per heavy atom. The fourth-order valence-electron chi connectivity index (χ4n) is 2.67. The van der Waals surface area contributed by atoms with E-state index in [1.165, 1.54) is 0 Å². The average Bonchev–Trinajstić information content (AvgIpc) is 2.47. The van der Waals surface area contributed by atoms with Gasteiger partial charge in [0.1, 0.15) is 11.9 Å². The van der Waals surface area contributed by atoms with Gasteiger partial charge in [0.05, 0.1) is 23.6 Å². The quantitative estimate of drug-likeness (QED) is 0.827. The number of rotatable bonds is 3. The van der Waals surface area contributed by atoms with E-state index in [1.54, 1.807) is 12.1 Å². The van der Waals surface area contributed by atoms with Crippen molar-refractivity contribution in [2.45, 2.75) is 38.7 Å². The van der Waals surface area contributed by atoms with Crippen molar-refractivity contribution in [3.05, 3.63) is 29.8 Å². The van der Waals surface area contributed by atoms with Crippen LogP contribution in [0.5, 0.6) is 5.75 Å². The van der Waals surface area contributed by atoms with Gasteiger partial charge in [-0.25, -0.2) is 0 Å². The third-order valence-corrected chi connectivity index (χ3v) is 3.89. The first-order chi connectivity index (χ1) is 9.26. The van der Waals surface area contributed by atoms with Gasteiger partial charge in [-0.1, -0.05) is 19.4 Å². The van der Waals surface area contributed by atoms with E-state index in [0.717, 1.165) is 25.7 Å². The smallest absolute Gasteiger partial charge is 0.121 e. The minimum atomic E-state index is -0.0438. The first kappa shape index (κ1) is 13.4. The molecule has 0 bridgehead atoms. The van der Waals surface area contributed by atoms with Gasteiger partial charge in [0, 0.05) is 0 Å². The molecule has 2 rings (SSSR count). The van der Waals surface area contributed by atoms with Crippen LogP contribution in [-0.4, -0.2) is 6.10 Å². The van der Waals surface area contributed by atoms with Gasteiger partial charge < -0.3 is 4.74 Å². The summed E-state index contributed by atoms with van der Waals surface area (Å²) in [5, 5.41) is 18.1. The van der Waals surface area contributed by atoms with Crippen LogP contribution in [0, 0.1) is 34.5 Å². The monoisotopic (exact) mass is 254 g/mol. The lowest BCUT2D eigenvalue weighted by atomic mass is 9.79. The van der Waals surface area contributed by atoms with E-state index < -0.39 is 0 Å². The maximum Gasteiger partial charge on any atom is 0.121 e. The third-order valence-electron chi connectivity index (χ3n) is 3.89. The molecule has 3 heteroatoms. The lowest BCUT2D eigenvalue weighted by molar-refractivity contribution is 0.0892. The molecule has 3 unspecified atom stereocenters. The van der Waals surface area contributed by atoms with Crippen molar-refractivity contribution in [2.24, 2.45) is 11.8 Å². The highest BCUT2D eigenvalue weighted by Crippen LogP contribution is 2.33. The van der Waals surface area contributed by atoms with Crippen molar-refractivity contribution in [3.8, 4) is 17.9 Å². The van der Waals surface area contributed by atoms with Gasteiger partial charge >= 0.3 is 0 Å². The van der Waals surface area contributed by atoms with Crippen LogP contribution in [0.2, 0.25) is 0 Å². The van der Waals surface area contributed by atoms with Gasteiger partial charge in [-0.3, -0.25) is 0 Å². The van der Waals surface area contributed by atoms with Crippen molar-refractivity contribution in [1.82, 2.24) is 0 Å². The van der Waals surface area contributed by atoms with Crippen molar-refractivity contribution < 1.29 is 4.74 Å². The fourth-order valence-corrected chi connectivity index (χ4v) is 2.67. The standard InChI is InChI=1S/C16H18N2O/c1-2-12-6-7-14(11-18)16(9-12)19-15-5-3-4-13(8-15)10-17/h3-5,8,12,14,16H,2,6-7,9H2,1H3. The molecule has 0 spiro atoms. The Morgan fingerprint density at radius 3 is 2.84 bits per heavy atom. The van der Waals surface area contributed by atoms with E-state index in [-0.39, 0.29) is 12.0 Å². The van der Waals surface area contributed by atoms with Crippen molar-refractivity contribution in [1.29, 1.82) is 10.5 Å². The predicted molar refractivity (Wildman–Crippen MR) is 72.3 cm³/mol. The lowest BCUT2D eigenvalue weighted by Gasteiger charge is -2.32. The van der Waals surface area contributed by atoms with Crippen LogP contribution in [-0.2, 0) is 0 Å². The summed E-state index contributed by atoms with van der Waals surface area (Å²) in [6.07, 6.45) is 4.06. The Labute approximate surface area is 114 Å². The molecule has 98 valence electrons. The molecule has 0 aromatic heterocycles. The van der Waals surface area contributed by atoms with Gasteiger partial charge in [0.15, 0.2) is 0 Å². The van der Waals surface area contributed by atoms with E-state index >= 15 is 0 Å². The molecule has 3 nitrogen and oxygen atoms in total. The van der Waals surface area contributed by atoms with E-state index in [1.807, 2.05) is 12.1 Å². The van der Waals surface area contributed by atoms with Gasteiger partial charge in [0.2, 0.25) is 0 Å². The molecule has 0 radical (unpaired) electrons. The van der Waals surface area contributed by atoms with Gasteiger partial charge in [0.25, 0.3) is 0 Å². The Morgan fingerprint density at radius 2 is 2.16 bits per heavy atom. The van der Waals surface area contributed by atoms with Crippen LogP contribution in [0.1, 0.15) is 38.2 Å². The van der Waals surface area contributed by atoms with Crippen LogP contribution >= 0.6 is 0 Å². The average molecular weight is 254 g/mol. The third kappa shape index (κ3) is 3.26. The molecule has 1 aliphatic rings. The molecule has 1 aliphatic carbocycles. The molecule has 3 atom stereocenters. The first-order valence-corrected chi connectivity index (χ1v) is 6.83. The molecule has 1 aromatic carbocycles. The molecule has 1 saturated carbocycles. The SMILES string of the molecule is CCC1CCC(C#N)C(Oc2cccc(C#N)c2)C1. The second-order valence-electron chi connectivity index (χ2n) is 5.12. The van der Waals surface area contributed by atoms with Crippen LogP contribution in [0.4, 0.5) is 0 Å². The number of nitrogens with zero attached hydrogens (tertiary/aromatic N) is 2. The summed E-state index contributed by atoms with van der Waals surface area (Å²) in [5.74, 6) is 1.31. The molecule has 1 aromatic rings. The number of hydrogen-bond acceptors (Lipinski definition) is 3. The Hall–Kier alpha value is -2.00. The maximum atomic E-state index is 9.22. The molecule has 19 heavy (non-hydrogen) atoms. The van der Waals surface area contributed by atoms with Crippen LogP contribution < -0.4 is 4.74 Å². The predicted octanol–water partition coefficient (Wildman–Crippen LogP) is 3.66. The van der Waals surface area contributed by atoms with E-state index in [2.05, 4.69) is 19.1 Å². The van der Waals surface area contributed by atoms with E-state index in [0.29, 0.717) is 17.2 Å². The summed E-state index contributed by atoms with van der Waals surface area (Å²) in [5.41, 5.74) is 0.592. The minimum Gasteiger partial charge on any atom is -0.489 e. The molecule has 0 amide bonds. The van der Waals surface area contributed by atoms with Gasteiger partial charge in [-0.2, -0.15) is 10.5 Å². The highest BCUT2D eigenvalue weighted by atomic mass is 16.5. The largest absolute Gasteiger partial charge is 0.489 e. The summed E-state index contributed by atoms with van der Waals surface area (Å²) in [4.78, 5) is 0. The molecule has 0 saturated heterocycles. The van der Waals surface area contributed by atoms with Gasteiger partial charge in [-0.15, -0.1) is 0 Å². The fraction of sp³-hybridized carbons (Fsp3) is 0.500. The van der Waals surface area contributed by atoms with Crippen LogP contribution in [0.25, 0.3) is 0 Å². The summed E-state index contributed by atoms with van der Waals surface area (Å²) in [6, 6.07) is 11.6. The van der Waals surface area contributed by atoms with E-state index in [9.17, 15) is 5.26 Å². The zero-order valence-corrected chi connectivity index (χ0v) is 11.2. The molecule has 0 aliphatic heterocycles. The number of benzene rings is 1. The number of hydrogen-bond donors (Lipinski definition) is 0. The maximum absolute atomic E-state index is 9.22. The Bertz CT molecular complexity index is 512. The molecular weight excluding hydrogens is 236 g/mol. The first-order valence-electron chi connectivity index (χ1n) is 6.83. The van der Waals surface area contributed by atoms with Crippen molar-refractivity contribution in [3.63, 3.8) is 0 Å². The second kappa shape index (κ2) is 6.25. The van der Waals surface area contributed by atoms with Crippen LogP contribution in [0.15, 0.2) is 24.3 Å². The summed E-state index contributed by atoms with van der Waals surface area (Å²) >= 11 is 0. The zero-order chi connectivity index (χ0) is 13.7. The number of nitriles is 2. The normalized spacial score (nSPS) is 26.2. The number of ether oxygens (including phenoxy) is 1. The molecule has 0 N–H and O–H groups in total. The van der Waals surface area contributed by atoms with Crippen molar-refractivity contribution in [2.75, 3.05) is 0 Å². The second-order valence-corrected chi connectivity index (χ2v) is 5.12. The highest BCUT2D eigenvalue weighted by Gasteiger charge is 2.31. The molecule has 1 fully saturated rings. The minimum absolute atomic E-state index is 0.0338. The van der Waals surface area contributed by atoms with Crippen molar-refractivity contribution >= 4 is 0 Å². The Balaban J connectivity index is 2.10. The summed E-state index contributed by atoms with van der Waals surface area (Å²) in [7, 11) is 0. The summed E-state index contributed by atoms with van der Waals surface area (Å²) in [6.45, 7) is 2.19. The molecular formula is C16H18N2O. The van der Waals surface area contributed by atoms with Gasteiger partial charge in [-0.05, 0) is 43.4 Å². The Kier molecular flexibility index (Phi) is 4.42. The topological polar surface area (TPSA) is 56.8 Å². The zero-order valence-electron chi connectivity index (χ0n) is 11.2. The summed E-state index contributed by atoms with van der Waals surface area (Å²) < 4.78 is 5.96. The van der Waals surface area contributed by atoms with E-state index in [4.69, 9.17) is 10.00 Å².